The van der Waals surface area contributed by atoms with Gasteiger partial charge in [0.15, 0.2) is 0 Å². The Morgan fingerprint density at radius 3 is 2.88 bits per heavy atom. The van der Waals surface area contributed by atoms with Crippen LogP contribution >= 0.6 is 11.6 Å². The van der Waals surface area contributed by atoms with Crippen LogP contribution in [-0.4, -0.2) is 29.0 Å². The third-order valence-electron chi connectivity index (χ3n) is 2.39. The molecule has 1 N–H and O–H groups in total. The molecule has 0 aliphatic carbocycles. The minimum absolute atomic E-state index is 0.344. The van der Waals surface area contributed by atoms with Gasteiger partial charge < -0.3 is 10.1 Å². The van der Waals surface area contributed by atoms with Crippen LogP contribution in [0.5, 0.6) is 5.88 Å². The molecule has 0 saturated carbocycles. The highest BCUT2D eigenvalue weighted by molar-refractivity contribution is 6.17. The molecule has 0 spiro atoms. The maximum absolute atomic E-state index is 5.65. The van der Waals surface area contributed by atoms with Crippen LogP contribution in [0.15, 0.2) is 6.33 Å². The molecule has 0 fully saturated rings. The number of halogens is 1. The zero-order valence-corrected chi connectivity index (χ0v) is 10.7. The molecule has 1 unspecified atom stereocenters. The molecule has 1 rings (SSSR count). The largest absolute Gasteiger partial charge is 0.481 e. The standard InChI is InChI=1S/C11H18ClN3O/c1-8(5-4-6-12)15-10-9(2)11(16-3)14-7-13-10/h7-8H,4-6H2,1-3H3,(H,13,14,15). The van der Waals surface area contributed by atoms with Gasteiger partial charge in [0, 0.05) is 11.9 Å². The second-order valence-corrected chi connectivity index (χ2v) is 4.11. The van der Waals surface area contributed by atoms with E-state index in [0.717, 1.165) is 24.2 Å². The van der Waals surface area contributed by atoms with E-state index in [1.54, 1.807) is 7.11 Å². The number of aromatic nitrogens is 2. The van der Waals surface area contributed by atoms with Gasteiger partial charge in [0.05, 0.1) is 12.7 Å². The number of nitrogens with one attached hydrogen (secondary N) is 1. The third-order valence-corrected chi connectivity index (χ3v) is 2.65. The van der Waals surface area contributed by atoms with Crippen molar-refractivity contribution in [2.75, 3.05) is 18.3 Å². The molecular weight excluding hydrogens is 226 g/mol. The second-order valence-electron chi connectivity index (χ2n) is 3.73. The number of alkyl halides is 1. The van der Waals surface area contributed by atoms with E-state index in [4.69, 9.17) is 16.3 Å². The first-order valence-electron chi connectivity index (χ1n) is 5.37. The Morgan fingerprint density at radius 2 is 2.25 bits per heavy atom. The first-order valence-corrected chi connectivity index (χ1v) is 5.90. The van der Waals surface area contributed by atoms with Gasteiger partial charge in [-0.25, -0.2) is 9.97 Å². The Bertz CT molecular complexity index is 333. The highest BCUT2D eigenvalue weighted by Gasteiger charge is 2.09. The molecule has 0 aliphatic rings. The summed E-state index contributed by atoms with van der Waals surface area (Å²) in [6.45, 7) is 4.05. The molecule has 90 valence electrons. The summed E-state index contributed by atoms with van der Waals surface area (Å²) in [5, 5.41) is 3.33. The lowest BCUT2D eigenvalue weighted by molar-refractivity contribution is 0.393. The fraction of sp³-hybridized carbons (Fsp3) is 0.636. The first kappa shape index (κ1) is 13.0. The maximum Gasteiger partial charge on any atom is 0.221 e. The van der Waals surface area contributed by atoms with Gasteiger partial charge in [-0.3, -0.25) is 0 Å². The summed E-state index contributed by atoms with van der Waals surface area (Å²) in [7, 11) is 1.61. The van der Waals surface area contributed by atoms with Gasteiger partial charge >= 0.3 is 0 Å². The minimum Gasteiger partial charge on any atom is -0.481 e. The van der Waals surface area contributed by atoms with E-state index < -0.39 is 0 Å². The number of anilines is 1. The molecular formula is C11H18ClN3O. The lowest BCUT2D eigenvalue weighted by Crippen LogP contribution is -2.17. The highest BCUT2D eigenvalue weighted by atomic mass is 35.5. The fourth-order valence-electron chi connectivity index (χ4n) is 1.47. The number of rotatable bonds is 6. The number of hydrogen-bond donors (Lipinski definition) is 1. The fourth-order valence-corrected chi connectivity index (χ4v) is 1.63. The topological polar surface area (TPSA) is 47.0 Å². The van der Waals surface area contributed by atoms with E-state index in [2.05, 4.69) is 22.2 Å². The van der Waals surface area contributed by atoms with E-state index in [0.29, 0.717) is 17.8 Å². The molecule has 0 saturated heterocycles. The number of hydrogen-bond acceptors (Lipinski definition) is 4. The summed E-state index contributed by atoms with van der Waals surface area (Å²) in [5.41, 5.74) is 0.933. The predicted octanol–water partition coefficient (Wildman–Crippen LogP) is 2.61. The summed E-state index contributed by atoms with van der Waals surface area (Å²) in [6.07, 6.45) is 3.52. The summed E-state index contributed by atoms with van der Waals surface area (Å²) in [6, 6.07) is 0.344. The van der Waals surface area contributed by atoms with Crippen LogP contribution < -0.4 is 10.1 Å². The summed E-state index contributed by atoms with van der Waals surface area (Å²) in [5.74, 6) is 2.13. The van der Waals surface area contributed by atoms with Gasteiger partial charge in [0.25, 0.3) is 0 Å². The lowest BCUT2D eigenvalue weighted by Gasteiger charge is -2.16. The molecule has 0 aromatic carbocycles. The predicted molar refractivity (Wildman–Crippen MR) is 66.4 cm³/mol. The molecule has 4 nitrogen and oxygen atoms in total. The van der Waals surface area contributed by atoms with Crippen molar-refractivity contribution >= 4 is 17.4 Å². The van der Waals surface area contributed by atoms with E-state index in [1.165, 1.54) is 6.33 Å². The van der Waals surface area contributed by atoms with Crippen molar-refractivity contribution in [3.63, 3.8) is 0 Å². The van der Waals surface area contributed by atoms with E-state index in [9.17, 15) is 0 Å². The van der Waals surface area contributed by atoms with Crippen molar-refractivity contribution in [2.24, 2.45) is 0 Å². The van der Waals surface area contributed by atoms with Crippen LogP contribution in [0.3, 0.4) is 0 Å². The normalized spacial score (nSPS) is 12.2. The van der Waals surface area contributed by atoms with Crippen LogP contribution in [0.4, 0.5) is 5.82 Å². The Labute approximate surface area is 101 Å². The van der Waals surface area contributed by atoms with Crippen molar-refractivity contribution in [1.82, 2.24) is 9.97 Å². The SMILES string of the molecule is COc1ncnc(NC(C)CCCCl)c1C. The number of nitrogens with zero attached hydrogens (tertiary/aromatic N) is 2. The van der Waals surface area contributed by atoms with Crippen LogP contribution in [0.25, 0.3) is 0 Å². The average molecular weight is 244 g/mol. The van der Waals surface area contributed by atoms with Gasteiger partial charge in [0.2, 0.25) is 5.88 Å². The van der Waals surface area contributed by atoms with E-state index >= 15 is 0 Å². The van der Waals surface area contributed by atoms with Gasteiger partial charge in [-0.1, -0.05) is 0 Å². The van der Waals surface area contributed by atoms with Crippen molar-refractivity contribution in [1.29, 1.82) is 0 Å². The van der Waals surface area contributed by atoms with Gasteiger partial charge in [0.1, 0.15) is 12.1 Å². The lowest BCUT2D eigenvalue weighted by atomic mass is 10.2. The van der Waals surface area contributed by atoms with Crippen molar-refractivity contribution < 1.29 is 4.74 Å². The quantitative estimate of drug-likeness (QED) is 0.781. The van der Waals surface area contributed by atoms with Crippen LogP contribution in [-0.2, 0) is 0 Å². The molecule has 16 heavy (non-hydrogen) atoms. The molecule has 1 aromatic heterocycles. The summed E-state index contributed by atoms with van der Waals surface area (Å²) in [4.78, 5) is 8.23. The Kier molecular flexibility index (Phi) is 5.32. The van der Waals surface area contributed by atoms with E-state index in [-0.39, 0.29) is 0 Å². The Morgan fingerprint density at radius 1 is 1.50 bits per heavy atom. The average Bonchev–Trinajstić information content (AvgIpc) is 2.29. The Balaban J connectivity index is 2.66. The zero-order valence-electron chi connectivity index (χ0n) is 9.96. The molecule has 0 radical (unpaired) electrons. The van der Waals surface area contributed by atoms with Gasteiger partial charge in [-0.05, 0) is 26.7 Å². The molecule has 1 atom stereocenters. The Hall–Kier alpha value is -1.03. The van der Waals surface area contributed by atoms with Crippen molar-refractivity contribution in [3.8, 4) is 5.88 Å². The highest BCUT2D eigenvalue weighted by Crippen LogP contribution is 2.20. The second kappa shape index (κ2) is 6.53. The summed E-state index contributed by atoms with van der Waals surface area (Å²) >= 11 is 5.65. The monoisotopic (exact) mass is 243 g/mol. The zero-order chi connectivity index (χ0) is 12.0. The summed E-state index contributed by atoms with van der Waals surface area (Å²) < 4.78 is 5.14. The first-order chi connectivity index (χ1) is 7.69. The van der Waals surface area contributed by atoms with E-state index in [1.807, 2.05) is 6.92 Å². The third kappa shape index (κ3) is 3.52. The number of ether oxygens (including phenoxy) is 1. The number of methoxy groups -OCH3 is 1. The van der Waals surface area contributed by atoms with Gasteiger partial charge in [-0.15, -0.1) is 11.6 Å². The molecule has 5 heteroatoms. The van der Waals surface area contributed by atoms with Crippen LogP contribution in [0.1, 0.15) is 25.3 Å². The van der Waals surface area contributed by atoms with Crippen LogP contribution in [0, 0.1) is 6.92 Å². The molecule has 1 heterocycles. The maximum atomic E-state index is 5.65. The van der Waals surface area contributed by atoms with Crippen molar-refractivity contribution in [3.05, 3.63) is 11.9 Å². The molecule has 0 bridgehead atoms. The molecule has 0 aliphatic heterocycles. The molecule has 1 aromatic rings. The van der Waals surface area contributed by atoms with Gasteiger partial charge in [-0.2, -0.15) is 0 Å². The van der Waals surface area contributed by atoms with Crippen LogP contribution in [0.2, 0.25) is 0 Å². The smallest absolute Gasteiger partial charge is 0.221 e. The molecule has 0 amide bonds. The minimum atomic E-state index is 0.344. The van der Waals surface area contributed by atoms with Crippen molar-refractivity contribution in [2.45, 2.75) is 32.7 Å².